The predicted molar refractivity (Wildman–Crippen MR) is 96.6 cm³/mol. The van der Waals surface area contributed by atoms with Gasteiger partial charge in [0.1, 0.15) is 12.1 Å². The molecule has 1 aromatic heterocycles. The van der Waals surface area contributed by atoms with Gasteiger partial charge in [0, 0.05) is 32.5 Å². The largest absolute Gasteiger partial charge is 0.464 e. The highest BCUT2D eigenvalue weighted by atomic mass is 19.1. The Morgan fingerprint density at radius 1 is 1.32 bits per heavy atom. The molecule has 0 spiro atoms. The Kier molecular flexibility index (Phi) is 4.89. The molecule has 0 bridgehead atoms. The number of amides is 1. The third-order valence-corrected chi connectivity index (χ3v) is 5.64. The summed E-state index contributed by atoms with van der Waals surface area (Å²) in [5.74, 6) is 0.135. The highest BCUT2D eigenvalue weighted by Gasteiger charge is 2.48. The van der Waals surface area contributed by atoms with Crippen LogP contribution in [0.1, 0.15) is 34.9 Å². The highest BCUT2D eigenvalue weighted by molar-refractivity contribution is 5.86. The van der Waals surface area contributed by atoms with Crippen molar-refractivity contribution < 1.29 is 23.1 Å². The lowest BCUT2D eigenvalue weighted by Crippen LogP contribution is -2.34. The first kappa shape index (κ1) is 18.6. The van der Waals surface area contributed by atoms with Crippen LogP contribution >= 0.6 is 0 Å². The Labute approximate surface area is 162 Å². The number of oxazole rings is 1. The first-order chi connectivity index (χ1) is 13.5. The molecule has 28 heavy (non-hydrogen) atoms. The van der Waals surface area contributed by atoms with Gasteiger partial charge in [-0.25, -0.2) is 14.2 Å². The van der Waals surface area contributed by atoms with Gasteiger partial charge in [-0.2, -0.15) is 0 Å². The molecule has 4 rings (SSSR count). The molecule has 1 aromatic carbocycles. The molecule has 2 aliphatic rings. The molecule has 1 amide bonds. The number of esters is 1. The lowest BCUT2D eigenvalue weighted by molar-refractivity contribution is -0.130. The van der Waals surface area contributed by atoms with Gasteiger partial charge in [0.25, 0.3) is 0 Å². The van der Waals surface area contributed by atoms with E-state index in [0.29, 0.717) is 24.9 Å². The van der Waals surface area contributed by atoms with Crippen molar-refractivity contribution in [2.24, 2.45) is 11.8 Å². The molecule has 0 unspecified atom stereocenters. The summed E-state index contributed by atoms with van der Waals surface area (Å²) in [5.41, 5.74) is 0.978. The zero-order valence-corrected chi connectivity index (χ0v) is 15.8. The van der Waals surface area contributed by atoms with Gasteiger partial charge in [-0.15, -0.1) is 0 Å². The van der Waals surface area contributed by atoms with Crippen LogP contribution < -0.4 is 0 Å². The van der Waals surface area contributed by atoms with Gasteiger partial charge in [0.2, 0.25) is 11.8 Å². The van der Waals surface area contributed by atoms with Gasteiger partial charge in [0.15, 0.2) is 5.69 Å². The van der Waals surface area contributed by atoms with Crippen LogP contribution in [0.5, 0.6) is 0 Å². The summed E-state index contributed by atoms with van der Waals surface area (Å²) < 4.78 is 23.8. The van der Waals surface area contributed by atoms with Crippen molar-refractivity contribution in [1.29, 1.82) is 0 Å². The standard InChI is InChI=1S/C20H22FN3O4/c1-12(25)24-8-14-7-23(10-18-22-17(11-28-18)20(26)27-2)9-16(14)19(24)13-4-3-5-15(21)6-13/h3-6,11,14,16,19H,7-10H2,1-2H3/t14-,16-,19-/m1/s1. The quantitative estimate of drug-likeness (QED) is 0.749. The Morgan fingerprint density at radius 2 is 2.14 bits per heavy atom. The zero-order chi connectivity index (χ0) is 19.8. The van der Waals surface area contributed by atoms with Crippen molar-refractivity contribution in [1.82, 2.24) is 14.8 Å². The van der Waals surface area contributed by atoms with Crippen molar-refractivity contribution in [3.63, 3.8) is 0 Å². The van der Waals surface area contributed by atoms with Crippen molar-refractivity contribution >= 4 is 11.9 Å². The Hall–Kier alpha value is -2.74. The van der Waals surface area contributed by atoms with Crippen LogP contribution in [-0.4, -0.2) is 53.4 Å². The lowest BCUT2D eigenvalue weighted by atomic mass is 9.89. The van der Waals surface area contributed by atoms with Gasteiger partial charge in [0.05, 0.1) is 19.7 Å². The molecule has 0 N–H and O–H groups in total. The molecule has 2 fully saturated rings. The number of nitrogens with zero attached hydrogens (tertiary/aromatic N) is 3. The molecular formula is C20H22FN3O4. The maximum atomic E-state index is 13.8. The van der Waals surface area contributed by atoms with E-state index in [0.717, 1.165) is 18.7 Å². The number of aromatic nitrogens is 1. The molecule has 0 aliphatic carbocycles. The fourth-order valence-corrected chi connectivity index (χ4v) is 4.48. The number of ether oxygens (including phenoxy) is 1. The molecule has 2 aromatic rings. The van der Waals surface area contributed by atoms with Crippen LogP contribution in [0.25, 0.3) is 0 Å². The summed E-state index contributed by atoms with van der Waals surface area (Å²) in [6, 6.07) is 6.35. The number of methoxy groups -OCH3 is 1. The number of likely N-dealkylation sites (tertiary alicyclic amines) is 2. The maximum Gasteiger partial charge on any atom is 0.360 e. The summed E-state index contributed by atoms with van der Waals surface area (Å²) in [6.07, 6.45) is 1.30. The summed E-state index contributed by atoms with van der Waals surface area (Å²) in [4.78, 5) is 31.9. The number of hydrogen-bond acceptors (Lipinski definition) is 6. The number of benzene rings is 1. The van der Waals surface area contributed by atoms with Crippen LogP contribution in [0, 0.1) is 17.7 Å². The van der Waals surface area contributed by atoms with Crippen LogP contribution in [0.3, 0.4) is 0 Å². The topological polar surface area (TPSA) is 75.9 Å². The summed E-state index contributed by atoms with van der Waals surface area (Å²) in [6.45, 7) is 4.21. The number of fused-ring (bicyclic) bond motifs is 1. The van der Waals surface area contributed by atoms with Gasteiger partial charge in [-0.05, 0) is 23.6 Å². The van der Waals surface area contributed by atoms with Crippen molar-refractivity contribution in [2.45, 2.75) is 19.5 Å². The van der Waals surface area contributed by atoms with E-state index < -0.39 is 5.97 Å². The average molecular weight is 387 g/mol. The Morgan fingerprint density at radius 3 is 2.86 bits per heavy atom. The Balaban J connectivity index is 1.51. The third kappa shape index (κ3) is 3.40. The van der Waals surface area contributed by atoms with Crippen LogP contribution in [0.2, 0.25) is 0 Å². The second kappa shape index (κ2) is 7.35. The molecule has 0 radical (unpaired) electrons. The van der Waals surface area contributed by atoms with Gasteiger partial charge >= 0.3 is 5.97 Å². The SMILES string of the molecule is COC(=O)c1coc(CN2C[C@@H]3CN(C(C)=O)[C@H](c4cccc(F)c4)[C@@H]3C2)n1. The molecule has 148 valence electrons. The van der Waals surface area contributed by atoms with E-state index in [2.05, 4.69) is 14.6 Å². The summed E-state index contributed by atoms with van der Waals surface area (Å²) in [7, 11) is 1.30. The van der Waals surface area contributed by atoms with Crippen molar-refractivity contribution in [3.05, 3.63) is 53.5 Å². The van der Waals surface area contributed by atoms with E-state index in [-0.39, 0.29) is 29.4 Å². The molecule has 8 heteroatoms. The van der Waals surface area contributed by atoms with E-state index in [9.17, 15) is 14.0 Å². The van der Waals surface area contributed by atoms with E-state index in [1.165, 1.54) is 25.5 Å². The van der Waals surface area contributed by atoms with E-state index >= 15 is 0 Å². The molecule has 3 atom stereocenters. The fraction of sp³-hybridized carbons (Fsp3) is 0.450. The fourth-order valence-electron chi connectivity index (χ4n) is 4.48. The highest BCUT2D eigenvalue weighted by Crippen LogP contribution is 2.45. The number of halogens is 1. The number of rotatable bonds is 4. The van der Waals surface area contributed by atoms with Crippen LogP contribution in [0.15, 0.2) is 34.9 Å². The first-order valence-electron chi connectivity index (χ1n) is 9.24. The number of carbonyl (C=O) groups is 2. The van der Waals surface area contributed by atoms with E-state index in [1.807, 2.05) is 11.0 Å². The maximum absolute atomic E-state index is 13.8. The van der Waals surface area contributed by atoms with E-state index in [4.69, 9.17) is 4.42 Å². The molecule has 3 heterocycles. The third-order valence-electron chi connectivity index (χ3n) is 5.64. The minimum atomic E-state index is -0.531. The van der Waals surface area contributed by atoms with Crippen molar-refractivity contribution in [3.8, 4) is 0 Å². The minimum absolute atomic E-state index is 0.00522. The minimum Gasteiger partial charge on any atom is -0.464 e. The van der Waals surface area contributed by atoms with Gasteiger partial charge in [-0.1, -0.05) is 12.1 Å². The smallest absolute Gasteiger partial charge is 0.360 e. The van der Waals surface area contributed by atoms with Gasteiger partial charge in [-0.3, -0.25) is 9.69 Å². The van der Waals surface area contributed by atoms with E-state index in [1.54, 1.807) is 13.0 Å². The normalized spacial score (nSPS) is 24.4. The zero-order valence-electron chi connectivity index (χ0n) is 15.8. The monoisotopic (exact) mass is 387 g/mol. The number of hydrogen-bond donors (Lipinski definition) is 0. The molecular weight excluding hydrogens is 365 g/mol. The van der Waals surface area contributed by atoms with Crippen molar-refractivity contribution in [2.75, 3.05) is 26.7 Å². The second-order valence-corrected chi connectivity index (χ2v) is 7.41. The molecule has 2 aliphatic heterocycles. The molecule has 2 saturated heterocycles. The predicted octanol–water partition coefficient (Wildman–Crippen LogP) is 2.25. The second-order valence-electron chi connectivity index (χ2n) is 7.41. The Bertz CT molecular complexity index is 899. The molecule has 7 nitrogen and oxygen atoms in total. The molecule has 0 saturated carbocycles. The van der Waals surface area contributed by atoms with Crippen LogP contribution in [-0.2, 0) is 16.1 Å². The van der Waals surface area contributed by atoms with Gasteiger partial charge < -0.3 is 14.1 Å². The number of carbonyl (C=O) groups excluding carboxylic acids is 2. The first-order valence-corrected chi connectivity index (χ1v) is 9.24. The summed E-state index contributed by atoms with van der Waals surface area (Å²) in [5, 5.41) is 0. The average Bonchev–Trinajstić information content (AvgIpc) is 3.35. The van der Waals surface area contributed by atoms with Crippen LogP contribution in [0.4, 0.5) is 4.39 Å². The lowest BCUT2D eigenvalue weighted by Gasteiger charge is -2.29. The summed E-state index contributed by atoms with van der Waals surface area (Å²) >= 11 is 0.